The molecule has 0 bridgehead atoms. The summed E-state index contributed by atoms with van der Waals surface area (Å²) < 4.78 is 6.79. The Balaban J connectivity index is 2.14. The topological polar surface area (TPSA) is 50.6 Å². The molecule has 0 radical (unpaired) electrons. The van der Waals surface area contributed by atoms with Crippen molar-refractivity contribution in [3.05, 3.63) is 18.0 Å². The van der Waals surface area contributed by atoms with Crippen LogP contribution in [0.5, 0.6) is 0 Å². The van der Waals surface area contributed by atoms with Crippen LogP contribution in [-0.2, 0) is 23.0 Å². The van der Waals surface area contributed by atoms with Gasteiger partial charge in [-0.1, -0.05) is 0 Å². The Hall–Kier alpha value is -1.40. The monoisotopic (exact) mass is 280 g/mol. The molecule has 0 unspecified atom stereocenters. The standard InChI is InChI=1S/C14H24N4O2/c1-16(2)12-5-6-18(14(19)10-20-4)13(12)7-11-8-15-17(3)9-11/h8-9,12-13H,5-7,10H2,1-4H3/t12-,13+/m1/s1. The summed E-state index contributed by atoms with van der Waals surface area (Å²) in [6.07, 6.45) is 5.74. The molecule has 1 aliphatic rings. The van der Waals surface area contributed by atoms with Crippen molar-refractivity contribution in [1.29, 1.82) is 0 Å². The zero-order valence-corrected chi connectivity index (χ0v) is 12.7. The molecular weight excluding hydrogens is 256 g/mol. The highest BCUT2D eigenvalue weighted by molar-refractivity contribution is 5.78. The van der Waals surface area contributed by atoms with Crippen LogP contribution >= 0.6 is 0 Å². The molecule has 20 heavy (non-hydrogen) atoms. The van der Waals surface area contributed by atoms with Crippen molar-refractivity contribution in [2.45, 2.75) is 24.9 Å². The van der Waals surface area contributed by atoms with Crippen LogP contribution in [-0.4, -0.2) is 71.9 Å². The van der Waals surface area contributed by atoms with E-state index < -0.39 is 0 Å². The van der Waals surface area contributed by atoms with Gasteiger partial charge in [-0.2, -0.15) is 5.10 Å². The maximum absolute atomic E-state index is 12.2. The van der Waals surface area contributed by atoms with E-state index >= 15 is 0 Å². The zero-order valence-electron chi connectivity index (χ0n) is 12.7. The number of rotatable bonds is 5. The molecule has 1 aromatic rings. The second kappa shape index (κ2) is 6.37. The molecule has 0 N–H and O–H groups in total. The summed E-state index contributed by atoms with van der Waals surface area (Å²) in [6, 6.07) is 0.577. The largest absolute Gasteiger partial charge is 0.375 e. The highest BCUT2D eigenvalue weighted by atomic mass is 16.5. The first-order chi connectivity index (χ1) is 9.52. The number of amides is 1. The van der Waals surface area contributed by atoms with E-state index in [4.69, 9.17) is 4.74 Å². The lowest BCUT2D eigenvalue weighted by molar-refractivity contribution is -0.136. The predicted molar refractivity (Wildman–Crippen MR) is 76.4 cm³/mol. The molecule has 2 atom stereocenters. The van der Waals surface area contributed by atoms with Gasteiger partial charge in [0, 0.05) is 32.9 Å². The van der Waals surface area contributed by atoms with Crippen LogP contribution in [0, 0.1) is 0 Å². The fourth-order valence-corrected chi connectivity index (χ4v) is 3.02. The second-order valence-corrected chi connectivity index (χ2v) is 5.63. The minimum absolute atomic E-state index is 0.0748. The fourth-order valence-electron chi connectivity index (χ4n) is 3.02. The highest BCUT2D eigenvalue weighted by Crippen LogP contribution is 2.25. The number of methoxy groups -OCH3 is 1. The van der Waals surface area contributed by atoms with Crippen molar-refractivity contribution < 1.29 is 9.53 Å². The van der Waals surface area contributed by atoms with Crippen molar-refractivity contribution in [2.75, 3.05) is 34.4 Å². The Labute approximate surface area is 120 Å². The number of ether oxygens (including phenoxy) is 1. The molecule has 0 aliphatic carbocycles. The first-order valence-corrected chi connectivity index (χ1v) is 6.95. The highest BCUT2D eigenvalue weighted by Gasteiger charge is 2.38. The van der Waals surface area contributed by atoms with Gasteiger partial charge in [0.2, 0.25) is 5.91 Å². The summed E-state index contributed by atoms with van der Waals surface area (Å²) in [5.74, 6) is 0.0748. The number of hydrogen-bond donors (Lipinski definition) is 0. The molecule has 1 aliphatic heterocycles. The van der Waals surface area contributed by atoms with Crippen molar-refractivity contribution in [1.82, 2.24) is 19.6 Å². The number of aromatic nitrogens is 2. The fraction of sp³-hybridized carbons (Fsp3) is 0.714. The van der Waals surface area contributed by atoms with Crippen molar-refractivity contribution in [3.63, 3.8) is 0 Å². The molecule has 1 aromatic heterocycles. The van der Waals surface area contributed by atoms with Crippen molar-refractivity contribution >= 4 is 5.91 Å². The third-order valence-corrected chi connectivity index (χ3v) is 3.96. The summed E-state index contributed by atoms with van der Waals surface area (Å²) in [5, 5.41) is 4.21. The zero-order chi connectivity index (χ0) is 14.7. The molecule has 0 saturated carbocycles. The molecule has 1 amide bonds. The van der Waals surface area contributed by atoms with Crippen LogP contribution < -0.4 is 0 Å². The van der Waals surface area contributed by atoms with E-state index in [2.05, 4.69) is 24.1 Å². The van der Waals surface area contributed by atoms with E-state index in [1.807, 2.05) is 24.3 Å². The van der Waals surface area contributed by atoms with E-state index in [9.17, 15) is 4.79 Å². The number of likely N-dealkylation sites (tertiary alicyclic amines) is 1. The average molecular weight is 280 g/mol. The van der Waals surface area contributed by atoms with Gasteiger partial charge < -0.3 is 14.5 Å². The molecule has 0 aromatic carbocycles. The van der Waals surface area contributed by atoms with Crippen LogP contribution in [0.4, 0.5) is 0 Å². The number of carbonyl (C=O) groups is 1. The maximum Gasteiger partial charge on any atom is 0.248 e. The van der Waals surface area contributed by atoms with Crippen molar-refractivity contribution in [3.8, 4) is 0 Å². The van der Waals surface area contributed by atoms with Crippen LogP contribution in [0.15, 0.2) is 12.4 Å². The predicted octanol–water partition coefficient (Wildman–Crippen LogP) is 0.140. The van der Waals surface area contributed by atoms with Gasteiger partial charge in [0.05, 0.1) is 12.2 Å². The van der Waals surface area contributed by atoms with E-state index in [0.29, 0.717) is 6.04 Å². The molecule has 1 saturated heterocycles. The minimum atomic E-state index is 0.0748. The molecular formula is C14H24N4O2. The van der Waals surface area contributed by atoms with Crippen LogP contribution in [0.25, 0.3) is 0 Å². The average Bonchev–Trinajstić information content (AvgIpc) is 2.97. The van der Waals surface area contributed by atoms with E-state index in [0.717, 1.165) is 19.4 Å². The van der Waals surface area contributed by atoms with Crippen LogP contribution in [0.2, 0.25) is 0 Å². The van der Waals surface area contributed by atoms with Gasteiger partial charge in [-0.05, 0) is 32.5 Å². The third kappa shape index (κ3) is 3.19. The molecule has 2 rings (SSSR count). The SMILES string of the molecule is COCC(=O)N1CC[C@@H](N(C)C)[C@@H]1Cc1cnn(C)c1. The molecule has 6 nitrogen and oxygen atoms in total. The van der Waals surface area contributed by atoms with Gasteiger partial charge in [-0.15, -0.1) is 0 Å². The van der Waals surface area contributed by atoms with E-state index in [-0.39, 0.29) is 18.6 Å². The number of hydrogen-bond acceptors (Lipinski definition) is 4. The first-order valence-electron chi connectivity index (χ1n) is 6.95. The Bertz CT molecular complexity index is 458. The molecule has 6 heteroatoms. The van der Waals surface area contributed by atoms with Gasteiger partial charge in [-0.25, -0.2) is 0 Å². The quantitative estimate of drug-likeness (QED) is 0.770. The summed E-state index contributed by atoms with van der Waals surface area (Å²) in [4.78, 5) is 16.3. The summed E-state index contributed by atoms with van der Waals surface area (Å²) in [7, 11) is 7.62. The van der Waals surface area contributed by atoms with Crippen LogP contribution in [0.1, 0.15) is 12.0 Å². The van der Waals surface area contributed by atoms with Gasteiger partial charge in [0.25, 0.3) is 0 Å². The number of carbonyl (C=O) groups excluding carboxylic acids is 1. The molecule has 0 spiro atoms. The Morgan fingerprint density at radius 3 is 2.85 bits per heavy atom. The number of nitrogens with zero attached hydrogens (tertiary/aromatic N) is 4. The summed E-state index contributed by atoms with van der Waals surface area (Å²) in [6.45, 7) is 0.958. The molecule has 2 heterocycles. The minimum Gasteiger partial charge on any atom is -0.375 e. The Morgan fingerprint density at radius 1 is 1.55 bits per heavy atom. The lowest BCUT2D eigenvalue weighted by Crippen LogP contribution is -2.46. The van der Waals surface area contributed by atoms with Crippen molar-refractivity contribution in [2.24, 2.45) is 7.05 Å². The molecule has 1 fully saturated rings. The maximum atomic E-state index is 12.2. The summed E-state index contributed by atoms with van der Waals surface area (Å²) in [5.41, 5.74) is 1.17. The van der Waals surface area contributed by atoms with E-state index in [1.165, 1.54) is 5.56 Å². The third-order valence-electron chi connectivity index (χ3n) is 3.96. The number of aryl methyl sites for hydroxylation is 1. The van der Waals surface area contributed by atoms with Gasteiger partial charge in [0.1, 0.15) is 6.61 Å². The normalized spacial score (nSPS) is 22.8. The Morgan fingerprint density at radius 2 is 2.30 bits per heavy atom. The van der Waals surface area contributed by atoms with Gasteiger partial charge in [-0.3, -0.25) is 9.48 Å². The smallest absolute Gasteiger partial charge is 0.248 e. The Kier molecular flexibility index (Phi) is 4.77. The van der Waals surface area contributed by atoms with Crippen LogP contribution in [0.3, 0.4) is 0 Å². The van der Waals surface area contributed by atoms with Gasteiger partial charge >= 0.3 is 0 Å². The first kappa shape index (κ1) is 15.0. The molecule has 112 valence electrons. The summed E-state index contributed by atoms with van der Waals surface area (Å²) >= 11 is 0. The number of likely N-dealkylation sites (N-methyl/N-ethyl adjacent to an activating group) is 1. The second-order valence-electron chi connectivity index (χ2n) is 5.63. The lowest BCUT2D eigenvalue weighted by atomic mass is 10.0. The van der Waals surface area contributed by atoms with Gasteiger partial charge in [0.15, 0.2) is 0 Å². The van der Waals surface area contributed by atoms with E-state index in [1.54, 1.807) is 11.8 Å². The lowest BCUT2D eigenvalue weighted by Gasteiger charge is -2.31.